The number of hydrogen-bond donors (Lipinski definition) is 0. The lowest BCUT2D eigenvalue weighted by molar-refractivity contribution is -0.253. The Hall–Kier alpha value is -2.82. The van der Waals surface area contributed by atoms with Gasteiger partial charge in [-0.2, -0.15) is 0 Å². The van der Waals surface area contributed by atoms with Crippen LogP contribution in [0.3, 0.4) is 0 Å². The van der Waals surface area contributed by atoms with Crippen molar-refractivity contribution in [3.63, 3.8) is 0 Å². The van der Waals surface area contributed by atoms with E-state index in [9.17, 15) is 9.59 Å². The fourth-order valence-corrected chi connectivity index (χ4v) is 5.26. The molecule has 3 heterocycles. The number of carbonyl (C=O) groups excluding carboxylic acids is 2. The standard InChI is InChI=1S/C24H25NO4/c1-23(2)28-21(26)24(22(27)29-23)15-18-10-6-7-11-19(18)25-13-12-17(14-20(24)25)16-8-4-3-5-9-16/h3-11,17,20H,12-15H2,1-2H3/t17-,20-/m1/s1. The Morgan fingerprint density at radius 3 is 2.31 bits per heavy atom. The van der Waals surface area contributed by atoms with Gasteiger partial charge in [-0.3, -0.25) is 9.59 Å². The van der Waals surface area contributed by atoms with E-state index in [-0.39, 0.29) is 12.0 Å². The predicted molar refractivity (Wildman–Crippen MR) is 108 cm³/mol. The van der Waals surface area contributed by atoms with Gasteiger partial charge in [0.05, 0.1) is 6.04 Å². The number of cyclic esters (lactones) is 2. The Morgan fingerprint density at radius 2 is 1.59 bits per heavy atom. The van der Waals surface area contributed by atoms with E-state index in [1.165, 1.54) is 5.56 Å². The molecule has 2 aromatic rings. The maximum Gasteiger partial charge on any atom is 0.329 e. The first-order valence-corrected chi connectivity index (χ1v) is 10.3. The zero-order chi connectivity index (χ0) is 20.2. The van der Waals surface area contributed by atoms with Gasteiger partial charge in [0.25, 0.3) is 5.79 Å². The maximum atomic E-state index is 13.4. The van der Waals surface area contributed by atoms with E-state index in [4.69, 9.17) is 9.47 Å². The molecule has 5 nitrogen and oxygen atoms in total. The van der Waals surface area contributed by atoms with Crippen LogP contribution in [0.15, 0.2) is 54.6 Å². The molecule has 5 heteroatoms. The van der Waals surface area contributed by atoms with E-state index in [2.05, 4.69) is 23.1 Å². The summed E-state index contributed by atoms with van der Waals surface area (Å²) in [4.78, 5) is 28.9. The fraction of sp³-hybridized carbons (Fsp3) is 0.417. The second-order valence-electron chi connectivity index (χ2n) is 8.80. The number of esters is 2. The Bertz CT molecular complexity index is 948. The van der Waals surface area contributed by atoms with Crippen molar-refractivity contribution in [1.29, 1.82) is 0 Å². The van der Waals surface area contributed by atoms with Crippen LogP contribution in [0.4, 0.5) is 5.69 Å². The van der Waals surface area contributed by atoms with Crippen LogP contribution >= 0.6 is 0 Å². The minimum absolute atomic E-state index is 0.285. The van der Waals surface area contributed by atoms with Crippen molar-refractivity contribution in [2.45, 2.75) is 50.9 Å². The van der Waals surface area contributed by atoms with Gasteiger partial charge in [-0.05, 0) is 36.0 Å². The van der Waals surface area contributed by atoms with E-state index in [1.807, 2.05) is 36.4 Å². The third-order valence-electron chi connectivity index (χ3n) is 6.62. The molecule has 5 rings (SSSR count). The summed E-state index contributed by atoms with van der Waals surface area (Å²) in [6.07, 6.45) is 2.00. The van der Waals surface area contributed by atoms with E-state index in [0.717, 1.165) is 24.2 Å². The molecule has 150 valence electrons. The number of ether oxygens (including phenoxy) is 2. The number of anilines is 1. The van der Waals surface area contributed by atoms with Crippen molar-refractivity contribution in [2.75, 3.05) is 11.4 Å². The number of carbonyl (C=O) groups is 2. The smallest absolute Gasteiger partial charge is 0.329 e. The number of benzene rings is 2. The van der Waals surface area contributed by atoms with E-state index < -0.39 is 23.1 Å². The van der Waals surface area contributed by atoms with Crippen LogP contribution in [0, 0.1) is 5.41 Å². The lowest BCUT2D eigenvalue weighted by Gasteiger charge is -2.54. The molecule has 0 unspecified atom stereocenters. The van der Waals surface area contributed by atoms with Crippen molar-refractivity contribution in [2.24, 2.45) is 5.41 Å². The summed E-state index contributed by atoms with van der Waals surface area (Å²) in [6.45, 7) is 4.00. The lowest BCUT2D eigenvalue weighted by Crippen LogP contribution is -2.67. The molecule has 2 fully saturated rings. The summed E-state index contributed by atoms with van der Waals surface area (Å²) in [5, 5.41) is 0. The summed E-state index contributed by atoms with van der Waals surface area (Å²) < 4.78 is 11.3. The van der Waals surface area contributed by atoms with Crippen molar-refractivity contribution < 1.29 is 19.1 Å². The largest absolute Gasteiger partial charge is 0.422 e. The van der Waals surface area contributed by atoms with Gasteiger partial charge >= 0.3 is 11.9 Å². The second-order valence-corrected chi connectivity index (χ2v) is 8.80. The van der Waals surface area contributed by atoms with Crippen LogP contribution in [0.5, 0.6) is 0 Å². The summed E-state index contributed by atoms with van der Waals surface area (Å²) >= 11 is 0. The topological polar surface area (TPSA) is 55.8 Å². The number of piperidine rings is 1. The summed E-state index contributed by atoms with van der Waals surface area (Å²) in [7, 11) is 0. The maximum absolute atomic E-state index is 13.4. The first kappa shape index (κ1) is 18.2. The van der Waals surface area contributed by atoms with Crippen LogP contribution in [-0.2, 0) is 25.5 Å². The van der Waals surface area contributed by atoms with Crippen LogP contribution in [-0.4, -0.2) is 30.3 Å². The fourth-order valence-electron chi connectivity index (χ4n) is 5.26. The molecule has 3 aliphatic rings. The van der Waals surface area contributed by atoms with E-state index in [0.29, 0.717) is 12.8 Å². The van der Waals surface area contributed by atoms with Crippen LogP contribution in [0.25, 0.3) is 0 Å². The van der Waals surface area contributed by atoms with Crippen LogP contribution in [0.1, 0.15) is 43.7 Å². The molecule has 2 atom stereocenters. The Kier molecular flexibility index (Phi) is 3.99. The molecule has 3 aliphatic heterocycles. The van der Waals surface area contributed by atoms with Crippen molar-refractivity contribution in [3.05, 3.63) is 65.7 Å². The van der Waals surface area contributed by atoms with Gasteiger partial charge in [0.1, 0.15) is 0 Å². The number of fused-ring (bicyclic) bond motifs is 4. The van der Waals surface area contributed by atoms with Gasteiger partial charge in [-0.15, -0.1) is 0 Å². The number of para-hydroxylation sites is 1. The highest BCUT2D eigenvalue weighted by atomic mass is 16.7. The van der Waals surface area contributed by atoms with Crippen LogP contribution in [0.2, 0.25) is 0 Å². The van der Waals surface area contributed by atoms with Gasteiger partial charge in [0.15, 0.2) is 5.41 Å². The Morgan fingerprint density at radius 1 is 0.931 bits per heavy atom. The molecule has 2 aromatic carbocycles. The molecule has 0 radical (unpaired) electrons. The van der Waals surface area contributed by atoms with Gasteiger partial charge in [-0.1, -0.05) is 48.5 Å². The molecule has 2 saturated heterocycles. The summed E-state index contributed by atoms with van der Waals surface area (Å²) in [5.41, 5.74) is 2.03. The molecular weight excluding hydrogens is 366 g/mol. The third-order valence-corrected chi connectivity index (χ3v) is 6.62. The van der Waals surface area contributed by atoms with Crippen LogP contribution < -0.4 is 4.90 Å². The molecule has 0 bridgehead atoms. The molecule has 0 saturated carbocycles. The third kappa shape index (κ3) is 2.75. The highest BCUT2D eigenvalue weighted by molar-refractivity contribution is 6.04. The van der Waals surface area contributed by atoms with Crippen molar-refractivity contribution in [1.82, 2.24) is 0 Å². The quantitative estimate of drug-likeness (QED) is 0.546. The van der Waals surface area contributed by atoms with Gasteiger partial charge in [0, 0.05) is 32.5 Å². The van der Waals surface area contributed by atoms with Crippen molar-refractivity contribution >= 4 is 17.6 Å². The zero-order valence-corrected chi connectivity index (χ0v) is 16.8. The molecule has 0 aromatic heterocycles. The first-order valence-electron chi connectivity index (χ1n) is 10.3. The first-order chi connectivity index (χ1) is 13.9. The molecule has 0 amide bonds. The molecule has 0 N–H and O–H groups in total. The number of nitrogens with zero attached hydrogens (tertiary/aromatic N) is 1. The average Bonchev–Trinajstić information content (AvgIpc) is 2.71. The molecule has 1 spiro atoms. The second kappa shape index (κ2) is 6.34. The van der Waals surface area contributed by atoms with Gasteiger partial charge in [-0.25, -0.2) is 0 Å². The molecule has 0 aliphatic carbocycles. The highest BCUT2D eigenvalue weighted by Gasteiger charge is 2.64. The normalized spacial score (nSPS) is 26.9. The minimum atomic E-state index is -1.32. The monoisotopic (exact) mass is 391 g/mol. The summed E-state index contributed by atoms with van der Waals surface area (Å²) in [6, 6.07) is 18.1. The molecule has 29 heavy (non-hydrogen) atoms. The predicted octanol–water partition coefficient (Wildman–Crippen LogP) is 3.82. The minimum Gasteiger partial charge on any atom is -0.422 e. The number of rotatable bonds is 1. The van der Waals surface area contributed by atoms with E-state index in [1.54, 1.807) is 13.8 Å². The molecular formula is C24H25NO4. The van der Waals surface area contributed by atoms with Gasteiger partial charge < -0.3 is 14.4 Å². The zero-order valence-electron chi connectivity index (χ0n) is 16.8. The summed E-state index contributed by atoms with van der Waals surface area (Å²) in [5.74, 6) is -1.86. The van der Waals surface area contributed by atoms with Crippen molar-refractivity contribution in [3.8, 4) is 0 Å². The lowest BCUT2D eigenvalue weighted by atomic mass is 9.65. The van der Waals surface area contributed by atoms with Gasteiger partial charge in [0.2, 0.25) is 0 Å². The SMILES string of the molecule is CC1(C)OC(=O)C2(Cc3ccccc3N3CC[C@@H](c4ccccc4)C[C@@H]32)C(=O)O1. The highest BCUT2D eigenvalue weighted by Crippen LogP contribution is 2.51. The Labute approximate surface area is 170 Å². The Balaban J connectivity index is 1.61. The van der Waals surface area contributed by atoms with E-state index >= 15 is 0 Å². The number of hydrogen-bond acceptors (Lipinski definition) is 5. The average molecular weight is 391 g/mol.